The highest BCUT2D eigenvalue weighted by atomic mass is 16.7. The lowest BCUT2D eigenvalue weighted by molar-refractivity contribution is -0.303. The van der Waals surface area contributed by atoms with Crippen LogP contribution in [0.1, 0.15) is 13.3 Å². The van der Waals surface area contributed by atoms with Gasteiger partial charge in [-0.1, -0.05) is 0 Å². The van der Waals surface area contributed by atoms with Gasteiger partial charge in [0.25, 0.3) is 0 Å². The Morgan fingerprint density at radius 2 is 1.69 bits per heavy atom. The maximum Gasteiger partial charge on any atom is 0.185 e. The van der Waals surface area contributed by atoms with E-state index in [4.69, 9.17) is 30.8 Å². The van der Waals surface area contributed by atoms with E-state index in [2.05, 4.69) is 16.0 Å². The van der Waals surface area contributed by atoms with Crippen molar-refractivity contribution in [3.05, 3.63) is 0 Å². The van der Waals surface area contributed by atoms with Crippen LogP contribution in [0.2, 0.25) is 0 Å². The first-order valence-corrected chi connectivity index (χ1v) is 14.4. The summed E-state index contributed by atoms with van der Waals surface area (Å²) in [6.45, 7) is 0.731. The molecule has 2 heterocycles. The summed E-state index contributed by atoms with van der Waals surface area (Å²) in [6, 6.07) is -2.35. The van der Waals surface area contributed by atoms with Crippen molar-refractivity contribution in [3.63, 3.8) is 0 Å². The van der Waals surface area contributed by atoms with Gasteiger partial charge >= 0.3 is 0 Å². The Hall–Kier alpha value is -0.680. The van der Waals surface area contributed by atoms with Crippen molar-refractivity contribution in [2.45, 2.75) is 104 Å². The van der Waals surface area contributed by atoms with Gasteiger partial charge in [0.1, 0.15) is 36.1 Å². The topological polar surface area (TPSA) is 298 Å². The molecule has 1 aliphatic carbocycles. The lowest BCUT2D eigenvalue weighted by Gasteiger charge is -2.52. The maximum absolute atomic E-state index is 11.7. The molecule has 0 radical (unpaired) electrons. The number of rotatable bonds is 13. The van der Waals surface area contributed by atoms with Crippen LogP contribution in [0.5, 0.6) is 0 Å². The predicted molar refractivity (Wildman–Crippen MR) is 146 cm³/mol. The Morgan fingerprint density at radius 1 is 1.00 bits per heavy atom. The molecular formula is C25H51N5O12. The minimum absolute atomic E-state index is 0.0277. The number of hydrogen-bond acceptors (Lipinski definition) is 17. The predicted octanol–water partition coefficient (Wildman–Crippen LogP) is -7.79. The molecule has 2 aliphatic heterocycles. The maximum atomic E-state index is 11.7. The zero-order chi connectivity index (χ0) is 31.4. The second kappa shape index (κ2) is 15.5. The third-order valence-corrected chi connectivity index (χ3v) is 8.53. The van der Waals surface area contributed by atoms with Gasteiger partial charge in [-0.2, -0.15) is 0 Å². The van der Waals surface area contributed by atoms with Crippen LogP contribution in [0.4, 0.5) is 0 Å². The van der Waals surface area contributed by atoms with Crippen LogP contribution in [0, 0.1) is 5.92 Å². The first-order chi connectivity index (χ1) is 19.8. The summed E-state index contributed by atoms with van der Waals surface area (Å²) in [5, 5.41) is 103. The second-order valence-corrected chi connectivity index (χ2v) is 11.9. The number of aliphatic hydroxyl groups excluding tert-OH is 8. The molecule has 3 rings (SSSR count). The van der Waals surface area contributed by atoms with Crippen molar-refractivity contribution in [3.8, 4) is 0 Å². The molecule has 42 heavy (non-hydrogen) atoms. The fraction of sp³-hybridized carbons (Fsp3) is 1.00. The molecule has 16 unspecified atom stereocenters. The zero-order valence-electron chi connectivity index (χ0n) is 24.0. The van der Waals surface area contributed by atoms with Crippen LogP contribution >= 0.6 is 0 Å². The average Bonchev–Trinajstić information content (AvgIpc) is 2.95. The largest absolute Gasteiger partial charge is 0.394 e. The highest BCUT2D eigenvalue weighted by Gasteiger charge is 2.55. The first kappa shape index (κ1) is 35.8. The van der Waals surface area contributed by atoms with Gasteiger partial charge in [-0.05, 0) is 20.4 Å². The first-order valence-electron chi connectivity index (χ1n) is 14.4. The van der Waals surface area contributed by atoms with E-state index in [1.165, 1.54) is 6.92 Å². The van der Waals surface area contributed by atoms with Gasteiger partial charge in [0, 0.05) is 44.2 Å². The van der Waals surface area contributed by atoms with E-state index in [-0.39, 0.29) is 39.2 Å². The monoisotopic (exact) mass is 613 g/mol. The molecule has 0 spiro atoms. The van der Waals surface area contributed by atoms with Crippen molar-refractivity contribution < 1.29 is 60.2 Å². The number of aliphatic hydroxyl groups is 9. The van der Waals surface area contributed by atoms with Gasteiger partial charge in [-0.15, -0.1) is 0 Å². The Morgan fingerprint density at radius 3 is 2.31 bits per heavy atom. The van der Waals surface area contributed by atoms with Gasteiger partial charge in [0.05, 0.1) is 49.8 Å². The van der Waals surface area contributed by atoms with Crippen LogP contribution in [0.3, 0.4) is 0 Å². The molecule has 0 bridgehead atoms. The summed E-state index contributed by atoms with van der Waals surface area (Å²) in [7, 11) is 1.56. The molecule has 0 aromatic rings. The fourth-order valence-corrected chi connectivity index (χ4v) is 6.12. The van der Waals surface area contributed by atoms with Crippen LogP contribution in [-0.4, -0.2) is 183 Å². The van der Waals surface area contributed by atoms with Crippen molar-refractivity contribution in [2.75, 3.05) is 46.4 Å². The summed E-state index contributed by atoms with van der Waals surface area (Å²) < 4.78 is 17.7. The molecule has 1 saturated carbocycles. The number of hydrogen-bond donors (Lipinski definition) is 14. The molecule has 2 saturated heterocycles. The number of ether oxygens (including phenoxy) is 3. The summed E-state index contributed by atoms with van der Waals surface area (Å²) >= 11 is 0. The van der Waals surface area contributed by atoms with Crippen LogP contribution < -0.4 is 27.4 Å². The van der Waals surface area contributed by atoms with Crippen molar-refractivity contribution in [1.29, 1.82) is 0 Å². The molecule has 0 amide bonds. The molecular weight excluding hydrogens is 562 g/mol. The molecule has 16 N–H and O–H groups in total. The van der Waals surface area contributed by atoms with Gasteiger partial charge < -0.3 is 87.6 Å². The fourth-order valence-electron chi connectivity index (χ4n) is 6.12. The standard InChI is InChI=1S/C25H51N5O12/c1-25(39)9-40-24(20(38)23(25)28-2)42-21-13(30-6-10(32)4-26)3-12(27)15(17(21)35)22-19(37)18(36)16(34)14(41-22)7-29-5-11(33)8-31/h10-24,28-39H,3-9,26-27H2,1-2H3. The minimum atomic E-state index is -1.66. The Bertz CT molecular complexity index is 820. The van der Waals surface area contributed by atoms with Crippen LogP contribution in [0.25, 0.3) is 0 Å². The average molecular weight is 614 g/mol. The lowest BCUT2D eigenvalue weighted by atomic mass is 9.72. The molecule has 3 aliphatic rings. The van der Waals surface area contributed by atoms with Gasteiger partial charge in [0.15, 0.2) is 6.29 Å². The quantitative estimate of drug-likeness (QED) is 0.0917. The highest BCUT2D eigenvalue weighted by Crippen LogP contribution is 2.37. The Kier molecular flexibility index (Phi) is 13.3. The molecule has 17 heteroatoms. The van der Waals surface area contributed by atoms with E-state index in [9.17, 15) is 40.9 Å². The normalized spacial score (nSPS) is 46.4. The van der Waals surface area contributed by atoms with E-state index in [1.807, 2.05) is 0 Å². The molecule has 16 atom stereocenters. The molecule has 17 nitrogen and oxygen atoms in total. The van der Waals surface area contributed by atoms with E-state index in [0.717, 1.165) is 0 Å². The van der Waals surface area contributed by atoms with E-state index in [0.29, 0.717) is 0 Å². The molecule has 0 aromatic carbocycles. The smallest absolute Gasteiger partial charge is 0.185 e. The number of nitrogens with two attached hydrogens (primary N) is 2. The molecule has 0 aromatic heterocycles. The second-order valence-electron chi connectivity index (χ2n) is 11.9. The van der Waals surface area contributed by atoms with Gasteiger partial charge in [-0.25, -0.2) is 0 Å². The minimum Gasteiger partial charge on any atom is -0.394 e. The summed E-state index contributed by atoms with van der Waals surface area (Å²) in [5.41, 5.74) is 10.6. The van der Waals surface area contributed by atoms with Crippen molar-refractivity contribution in [1.82, 2.24) is 16.0 Å². The molecule has 248 valence electrons. The Balaban J connectivity index is 1.84. The zero-order valence-corrected chi connectivity index (χ0v) is 24.0. The third-order valence-electron chi connectivity index (χ3n) is 8.53. The number of likely N-dealkylation sites (N-methyl/N-ethyl adjacent to an activating group) is 1. The van der Waals surface area contributed by atoms with Crippen molar-refractivity contribution >= 4 is 0 Å². The lowest BCUT2D eigenvalue weighted by Crippen LogP contribution is -2.71. The number of nitrogens with one attached hydrogen (secondary N) is 3. The van der Waals surface area contributed by atoms with Crippen LogP contribution in [-0.2, 0) is 14.2 Å². The SMILES string of the molecule is CNC1C(O)C(OC2C(NCC(O)CN)CC(N)C(C3OC(CNCC(O)CO)C(O)C(O)C3O)C2O)OCC1(C)O. The molecule has 3 fully saturated rings. The Labute approximate surface area is 244 Å². The van der Waals surface area contributed by atoms with Gasteiger partial charge in [0.2, 0.25) is 0 Å². The van der Waals surface area contributed by atoms with Crippen LogP contribution in [0.15, 0.2) is 0 Å². The third kappa shape index (κ3) is 8.12. The summed E-state index contributed by atoms with van der Waals surface area (Å²) in [4.78, 5) is 0. The van der Waals surface area contributed by atoms with E-state index < -0.39 is 104 Å². The van der Waals surface area contributed by atoms with Crippen molar-refractivity contribution in [2.24, 2.45) is 17.4 Å². The van der Waals surface area contributed by atoms with Gasteiger partial charge in [-0.3, -0.25) is 0 Å². The summed E-state index contributed by atoms with van der Waals surface area (Å²) in [5.74, 6) is -1.04. The van der Waals surface area contributed by atoms with E-state index >= 15 is 0 Å². The summed E-state index contributed by atoms with van der Waals surface area (Å²) in [6.07, 6.45) is -14.2. The van der Waals surface area contributed by atoms with E-state index in [1.54, 1.807) is 7.05 Å². The highest BCUT2D eigenvalue weighted by molar-refractivity contribution is 5.07.